The third kappa shape index (κ3) is 3.35. The molecule has 3 aromatic rings. The van der Waals surface area contributed by atoms with Crippen molar-refractivity contribution in [2.75, 3.05) is 6.26 Å². The van der Waals surface area contributed by atoms with Crippen molar-refractivity contribution in [1.82, 2.24) is 9.97 Å². The second-order valence-corrected chi connectivity index (χ2v) is 6.52. The lowest BCUT2D eigenvalue weighted by molar-refractivity contribution is 0.112. The molecular weight excluding hydrogens is 372 g/mol. The normalized spacial score (nSPS) is 10.5. The van der Waals surface area contributed by atoms with E-state index >= 15 is 0 Å². The number of aldehydes is 1. The van der Waals surface area contributed by atoms with E-state index < -0.39 is 0 Å². The first kappa shape index (κ1) is 15.9. The van der Waals surface area contributed by atoms with Crippen molar-refractivity contribution in [3.8, 4) is 22.6 Å². The molecule has 23 heavy (non-hydrogen) atoms. The maximum Gasteiger partial charge on any atom is 0.161 e. The smallest absolute Gasteiger partial charge is 0.161 e. The van der Waals surface area contributed by atoms with Gasteiger partial charge in [-0.05, 0) is 18.4 Å². The lowest BCUT2D eigenvalue weighted by Crippen LogP contribution is -2.01. The number of carbonyl (C=O) groups excluding carboxylic acids is 1. The SMILES string of the molecule is CSc1nc(-c2ccccc2)nc(-c2ccc(Br)cc2)c1C=O. The average Bonchev–Trinajstić information content (AvgIpc) is 2.62. The Morgan fingerprint density at radius 3 is 2.26 bits per heavy atom. The van der Waals surface area contributed by atoms with Gasteiger partial charge in [-0.3, -0.25) is 4.79 Å². The molecule has 2 aromatic carbocycles. The minimum atomic E-state index is 0.527. The first-order chi connectivity index (χ1) is 11.2. The monoisotopic (exact) mass is 384 g/mol. The second-order valence-electron chi connectivity index (χ2n) is 4.81. The van der Waals surface area contributed by atoms with Crippen LogP contribution in [0.3, 0.4) is 0 Å². The van der Waals surface area contributed by atoms with E-state index in [0.29, 0.717) is 22.1 Å². The van der Waals surface area contributed by atoms with E-state index in [0.717, 1.165) is 21.9 Å². The van der Waals surface area contributed by atoms with Crippen LogP contribution in [0, 0.1) is 0 Å². The molecule has 5 heteroatoms. The largest absolute Gasteiger partial charge is 0.298 e. The third-order valence-electron chi connectivity index (χ3n) is 3.37. The molecule has 0 radical (unpaired) electrons. The van der Waals surface area contributed by atoms with Gasteiger partial charge in [-0.1, -0.05) is 58.4 Å². The summed E-state index contributed by atoms with van der Waals surface area (Å²) in [5, 5.41) is 0.687. The number of benzene rings is 2. The molecule has 0 saturated heterocycles. The molecule has 114 valence electrons. The Hall–Kier alpha value is -1.98. The summed E-state index contributed by atoms with van der Waals surface area (Å²) < 4.78 is 0.983. The molecule has 1 aromatic heterocycles. The number of hydrogen-bond donors (Lipinski definition) is 0. The number of thioether (sulfide) groups is 1. The van der Waals surface area contributed by atoms with Crippen LogP contribution in [0.2, 0.25) is 0 Å². The van der Waals surface area contributed by atoms with Gasteiger partial charge in [0.1, 0.15) is 5.03 Å². The standard InChI is InChI=1S/C18H13BrN2OS/c1-23-18-15(11-22)16(12-7-9-14(19)10-8-12)20-17(21-18)13-5-3-2-4-6-13/h2-11H,1H3. The van der Waals surface area contributed by atoms with Gasteiger partial charge in [0.25, 0.3) is 0 Å². The minimum Gasteiger partial charge on any atom is -0.298 e. The van der Waals surface area contributed by atoms with Gasteiger partial charge in [0.2, 0.25) is 0 Å². The van der Waals surface area contributed by atoms with Crippen LogP contribution in [-0.2, 0) is 0 Å². The van der Waals surface area contributed by atoms with Crippen LogP contribution in [0.25, 0.3) is 22.6 Å². The highest BCUT2D eigenvalue weighted by Gasteiger charge is 2.16. The molecule has 0 bridgehead atoms. The van der Waals surface area contributed by atoms with Gasteiger partial charge in [-0.15, -0.1) is 11.8 Å². The summed E-state index contributed by atoms with van der Waals surface area (Å²) in [4.78, 5) is 20.8. The van der Waals surface area contributed by atoms with Gasteiger partial charge >= 0.3 is 0 Å². The lowest BCUT2D eigenvalue weighted by atomic mass is 10.1. The van der Waals surface area contributed by atoms with Crippen LogP contribution in [0.15, 0.2) is 64.1 Å². The lowest BCUT2D eigenvalue weighted by Gasteiger charge is -2.11. The van der Waals surface area contributed by atoms with Crippen LogP contribution >= 0.6 is 27.7 Å². The molecule has 0 aliphatic rings. The average molecular weight is 385 g/mol. The Kier molecular flexibility index (Phi) is 4.88. The number of nitrogens with zero attached hydrogens (tertiary/aromatic N) is 2. The number of hydrogen-bond acceptors (Lipinski definition) is 4. The zero-order valence-corrected chi connectivity index (χ0v) is 14.8. The number of halogens is 1. The molecule has 0 N–H and O–H groups in total. The maximum absolute atomic E-state index is 11.6. The summed E-state index contributed by atoms with van der Waals surface area (Å²) in [5.41, 5.74) is 3.01. The molecular formula is C18H13BrN2OS. The van der Waals surface area contributed by atoms with Crippen LogP contribution in [0.5, 0.6) is 0 Å². The van der Waals surface area contributed by atoms with Crippen molar-refractivity contribution in [2.24, 2.45) is 0 Å². The molecule has 0 aliphatic carbocycles. The maximum atomic E-state index is 11.6. The summed E-state index contributed by atoms with van der Waals surface area (Å²) >= 11 is 4.88. The number of rotatable bonds is 4. The van der Waals surface area contributed by atoms with E-state index in [1.54, 1.807) is 0 Å². The molecule has 0 aliphatic heterocycles. The van der Waals surface area contributed by atoms with E-state index in [-0.39, 0.29) is 0 Å². The van der Waals surface area contributed by atoms with Gasteiger partial charge in [0.15, 0.2) is 12.1 Å². The van der Waals surface area contributed by atoms with E-state index in [4.69, 9.17) is 0 Å². The fraction of sp³-hybridized carbons (Fsp3) is 0.0556. The topological polar surface area (TPSA) is 42.9 Å². The molecule has 0 atom stereocenters. The summed E-state index contributed by atoms with van der Waals surface area (Å²) in [6.45, 7) is 0. The van der Waals surface area contributed by atoms with Crippen molar-refractivity contribution < 1.29 is 4.79 Å². The Morgan fingerprint density at radius 2 is 1.65 bits per heavy atom. The summed E-state index contributed by atoms with van der Waals surface area (Å²) in [6, 6.07) is 17.5. The highest BCUT2D eigenvalue weighted by molar-refractivity contribution is 9.10. The van der Waals surface area contributed by atoms with Crippen molar-refractivity contribution in [3.05, 3.63) is 64.6 Å². The van der Waals surface area contributed by atoms with Crippen molar-refractivity contribution in [3.63, 3.8) is 0 Å². The van der Waals surface area contributed by atoms with Crippen molar-refractivity contribution in [2.45, 2.75) is 5.03 Å². The highest BCUT2D eigenvalue weighted by atomic mass is 79.9. The van der Waals surface area contributed by atoms with Gasteiger partial charge < -0.3 is 0 Å². The molecule has 0 saturated carbocycles. The molecule has 0 fully saturated rings. The predicted octanol–water partition coefficient (Wildman–Crippen LogP) is 5.11. The fourth-order valence-corrected chi connectivity index (χ4v) is 3.06. The van der Waals surface area contributed by atoms with Gasteiger partial charge in [0.05, 0.1) is 11.3 Å². The number of carbonyl (C=O) groups is 1. The minimum absolute atomic E-state index is 0.527. The highest BCUT2D eigenvalue weighted by Crippen LogP contribution is 2.30. The van der Waals surface area contributed by atoms with Gasteiger partial charge in [-0.25, -0.2) is 9.97 Å². The summed E-state index contributed by atoms with van der Waals surface area (Å²) in [6.07, 6.45) is 2.74. The Balaban J connectivity index is 2.24. The molecule has 0 spiro atoms. The van der Waals surface area contributed by atoms with E-state index in [1.807, 2.05) is 60.9 Å². The third-order valence-corrected chi connectivity index (χ3v) is 4.60. The second kappa shape index (κ2) is 7.06. The van der Waals surface area contributed by atoms with E-state index in [9.17, 15) is 4.79 Å². The van der Waals surface area contributed by atoms with Crippen molar-refractivity contribution >= 4 is 34.0 Å². The zero-order chi connectivity index (χ0) is 16.2. The quantitative estimate of drug-likeness (QED) is 0.356. The van der Waals surface area contributed by atoms with Crippen molar-refractivity contribution in [1.29, 1.82) is 0 Å². The predicted molar refractivity (Wildman–Crippen MR) is 97.8 cm³/mol. The molecule has 0 unspecified atom stereocenters. The number of aromatic nitrogens is 2. The van der Waals surface area contributed by atoms with Crippen LogP contribution < -0.4 is 0 Å². The first-order valence-corrected chi connectivity index (χ1v) is 8.97. The van der Waals surface area contributed by atoms with E-state index in [2.05, 4.69) is 25.9 Å². The van der Waals surface area contributed by atoms with Gasteiger partial charge in [-0.2, -0.15) is 0 Å². The Bertz CT molecular complexity index is 836. The molecule has 1 heterocycles. The molecule has 3 rings (SSSR count). The van der Waals surface area contributed by atoms with E-state index in [1.165, 1.54) is 11.8 Å². The van der Waals surface area contributed by atoms with Gasteiger partial charge in [0, 0.05) is 15.6 Å². The summed E-state index contributed by atoms with van der Waals surface area (Å²) in [5.74, 6) is 0.624. The first-order valence-electron chi connectivity index (χ1n) is 6.95. The van der Waals surface area contributed by atoms with Crippen LogP contribution in [0.4, 0.5) is 0 Å². The van der Waals surface area contributed by atoms with Crippen LogP contribution in [-0.4, -0.2) is 22.5 Å². The zero-order valence-electron chi connectivity index (χ0n) is 12.4. The Morgan fingerprint density at radius 1 is 0.957 bits per heavy atom. The molecule has 0 amide bonds. The Labute approximate surface area is 147 Å². The fourth-order valence-electron chi connectivity index (χ4n) is 2.25. The summed E-state index contributed by atoms with van der Waals surface area (Å²) in [7, 11) is 0. The van der Waals surface area contributed by atoms with Crippen LogP contribution in [0.1, 0.15) is 10.4 Å². The molecule has 3 nitrogen and oxygen atoms in total.